The van der Waals surface area contributed by atoms with Crippen LogP contribution in [0.1, 0.15) is 76.0 Å². The molecule has 2 rings (SSSR count). The van der Waals surface area contributed by atoms with Crippen LogP contribution < -0.4 is 0 Å². The molecule has 0 fully saturated rings. The zero-order chi connectivity index (χ0) is 18.8. The van der Waals surface area contributed by atoms with Gasteiger partial charge in [0.05, 0.1) is 12.2 Å². The van der Waals surface area contributed by atoms with Crippen molar-refractivity contribution in [2.24, 2.45) is 10.8 Å². The molecule has 0 aromatic heterocycles. The lowest BCUT2D eigenvalue weighted by molar-refractivity contribution is 0.0610. The van der Waals surface area contributed by atoms with Crippen molar-refractivity contribution in [3.05, 3.63) is 70.8 Å². The number of hydrogen-bond acceptors (Lipinski definition) is 2. The molecule has 2 heteroatoms. The third-order valence-corrected chi connectivity index (χ3v) is 4.72. The standard InChI is InChI=1S/C23H32O2/c1-22(2,3)20(24)18-13-9-7-11-16(18)15-17-12-8-10-14-19(17)21(25)23(4,5)6/h7-14,20-21,24-25H,15H2,1-6H3. The van der Waals surface area contributed by atoms with Crippen molar-refractivity contribution in [2.45, 2.75) is 60.2 Å². The summed E-state index contributed by atoms with van der Waals surface area (Å²) in [5, 5.41) is 21.5. The van der Waals surface area contributed by atoms with Crippen LogP contribution in [0.5, 0.6) is 0 Å². The van der Waals surface area contributed by atoms with E-state index >= 15 is 0 Å². The zero-order valence-corrected chi connectivity index (χ0v) is 16.4. The number of rotatable bonds is 4. The third kappa shape index (κ3) is 4.71. The maximum absolute atomic E-state index is 10.8. The summed E-state index contributed by atoms with van der Waals surface area (Å²) in [5.74, 6) is 0. The fourth-order valence-corrected chi connectivity index (χ4v) is 3.06. The van der Waals surface area contributed by atoms with Gasteiger partial charge in [0.1, 0.15) is 0 Å². The van der Waals surface area contributed by atoms with Gasteiger partial charge >= 0.3 is 0 Å². The van der Waals surface area contributed by atoms with Crippen molar-refractivity contribution in [2.75, 3.05) is 0 Å². The molecule has 2 aromatic rings. The highest BCUT2D eigenvalue weighted by Crippen LogP contribution is 2.37. The molecule has 0 bridgehead atoms. The van der Waals surface area contributed by atoms with Crippen LogP contribution in [0.4, 0.5) is 0 Å². The van der Waals surface area contributed by atoms with Crippen LogP contribution in [-0.2, 0) is 6.42 Å². The highest BCUT2D eigenvalue weighted by atomic mass is 16.3. The number of aliphatic hydroxyl groups is 2. The Labute approximate surface area is 152 Å². The molecular weight excluding hydrogens is 308 g/mol. The van der Waals surface area contributed by atoms with Gasteiger partial charge in [0, 0.05) is 0 Å². The lowest BCUT2D eigenvalue weighted by Crippen LogP contribution is -2.20. The van der Waals surface area contributed by atoms with E-state index in [4.69, 9.17) is 0 Å². The molecule has 0 aliphatic rings. The van der Waals surface area contributed by atoms with E-state index in [0.29, 0.717) is 6.42 Å². The van der Waals surface area contributed by atoms with E-state index in [1.807, 2.05) is 77.9 Å². The van der Waals surface area contributed by atoms with Crippen LogP contribution in [0.15, 0.2) is 48.5 Å². The summed E-state index contributed by atoms with van der Waals surface area (Å²) < 4.78 is 0. The van der Waals surface area contributed by atoms with Crippen LogP contribution in [-0.4, -0.2) is 10.2 Å². The summed E-state index contributed by atoms with van der Waals surface area (Å²) in [5.41, 5.74) is 3.71. The average Bonchev–Trinajstić information content (AvgIpc) is 2.53. The Hall–Kier alpha value is -1.64. The fraction of sp³-hybridized carbons (Fsp3) is 0.478. The second-order valence-corrected chi connectivity index (χ2v) is 9.11. The van der Waals surface area contributed by atoms with Crippen molar-refractivity contribution >= 4 is 0 Å². The third-order valence-electron chi connectivity index (χ3n) is 4.72. The highest BCUT2D eigenvalue weighted by Gasteiger charge is 2.28. The van der Waals surface area contributed by atoms with Gasteiger partial charge in [-0.1, -0.05) is 90.1 Å². The molecular formula is C23H32O2. The highest BCUT2D eigenvalue weighted by molar-refractivity contribution is 5.39. The van der Waals surface area contributed by atoms with Gasteiger partial charge in [0.25, 0.3) is 0 Å². The van der Waals surface area contributed by atoms with Gasteiger partial charge in [-0.25, -0.2) is 0 Å². The first kappa shape index (κ1) is 19.7. The Morgan fingerprint density at radius 3 is 1.28 bits per heavy atom. The first-order valence-corrected chi connectivity index (χ1v) is 9.03. The molecule has 0 saturated carbocycles. The van der Waals surface area contributed by atoms with Crippen LogP contribution in [0.2, 0.25) is 0 Å². The van der Waals surface area contributed by atoms with Gasteiger partial charge in [-0.15, -0.1) is 0 Å². The Morgan fingerprint density at radius 2 is 0.960 bits per heavy atom. The minimum Gasteiger partial charge on any atom is -0.388 e. The molecule has 2 aromatic carbocycles. The summed E-state index contributed by atoms with van der Waals surface area (Å²) in [4.78, 5) is 0. The molecule has 0 saturated heterocycles. The average molecular weight is 341 g/mol. The number of aliphatic hydroxyl groups excluding tert-OH is 2. The van der Waals surface area contributed by atoms with Gasteiger partial charge < -0.3 is 10.2 Å². The van der Waals surface area contributed by atoms with Gasteiger partial charge in [-0.3, -0.25) is 0 Å². The van der Waals surface area contributed by atoms with Crippen LogP contribution in [0, 0.1) is 10.8 Å². The van der Waals surface area contributed by atoms with Gasteiger partial charge in [-0.2, -0.15) is 0 Å². The fourth-order valence-electron chi connectivity index (χ4n) is 3.06. The second-order valence-electron chi connectivity index (χ2n) is 9.11. The molecule has 0 aliphatic carbocycles. The van der Waals surface area contributed by atoms with Crippen LogP contribution in [0.25, 0.3) is 0 Å². The Bertz CT molecular complexity index is 643. The summed E-state index contributed by atoms with van der Waals surface area (Å²) in [6, 6.07) is 16.1. The van der Waals surface area contributed by atoms with Crippen molar-refractivity contribution in [1.29, 1.82) is 0 Å². The van der Waals surface area contributed by atoms with Crippen molar-refractivity contribution in [1.82, 2.24) is 0 Å². The van der Waals surface area contributed by atoms with E-state index in [2.05, 4.69) is 12.1 Å². The molecule has 0 spiro atoms. The van der Waals surface area contributed by atoms with Gasteiger partial charge in [-0.05, 0) is 39.5 Å². The molecule has 2 nitrogen and oxygen atoms in total. The maximum Gasteiger partial charge on any atom is 0.0841 e. The predicted molar refractivity (Wildman–Crippen MR) is 105 cm³/mol. The van der Waals surface area contributed by atoms with Crippen LogP contribution in [0.3, 0.4) is 0 Å². The summed E-state index contributed by atoms with van der Waals surface area (Å²) in [6.07, 6.45) is -0.348. The van der Waals surface area contributed by atoms with E-state index in [-0.39, 0.29) is 10.8 Å². The van der Waals surface area contributed by atoms with Crippen molar-refractivity contribution in [3.63, 3.8) is 0 Å². The Morgan fingerprint density at radius 1 is 0.640 bits per heavy atom. The molecule has 0 heterocycles. The quantitative estimate of drug-likeness (QED) is 0.778. The molecule has 0 radical (unpaired) electrons. The molecule has 136 valence electrons. The van der Waals surface area contributed by atoms with E-state index in [1.165, 1.54) is 0 Å². The predicted octanol–water partition coefficient (Wildman–Crippen LogP) is 5.44. The Kier molecular flexibility index (Phi) is 5.75. The normalized spacial score (nSPS) is 15.0. The van der Waals surface area contributed by atoms with Crippen molar-refractivity contribution < 1.29 is 10.2 Å². The molecule has 2 atom stereocenters. The Balaban J connectivity index is 2.43. The molecule has 25 heavy (non-hydrogen) atoms. The molecule has 0 aliphatic heterocycles. The van der Waals surface area contributed by atoms with E-state index in [1.54, 1.807) is 0 Å². The number of hydrogen-bond donors (Lipinski definition) is 2. The minimum atomic E-state index is -0.525. The molecule has 2 N–H and O–H groups in total. The summed E-state index contributed by atoms with van der Waals surface area (Å²) in [7, 11) is 0. The lowest BCUT2D eigenvalue weighted by Gasteiger charge is -2.30. The lowest BCUT2D eigenvalue weighted by atomic mass is 9.80. The maximum atomic E-state index is 10.8. The van der Waals surface area contributed by atoms with E-state index in [0.717, 1.165) is 22.3 Å². The molecule has 0 amide bonds. The van der Waals surface area contributed by atoms with E-state index < -0.39 is 12.2 Å². The SMILES string of the molecule is CC(C)(C)C(O)c1ccccc1Cc1ccccc1C(O)C(C)(C)C. The zero-order valence-electron chi connectivity index (χ0n) is 16.4. The first-order valence-electron chi connectivity index (χ1n) is 9.03. The van der Waals surface area contributed by atoms with Crippen LogP contribution >= 0.6 is 0 Å². The monoisotopic (exact) mass is 340 g/mol. The van der Waals surface area contributed by atoms with E-state index in [9.17, 15) is 10.2 Å². The first-order chi connectivity index (χ1) is 11.5. The smallest absolute Gasteiger partial charge is 0.0841 e. The topological polar surface area (TPSA) is 40.5 Å². The molecule has 2 unspecified atom stereocenters. The van der Waals surface area contributed by atoms with Gasteiger partial charge in [0.15, 0.2) is 0 Å². The largest absolute Gasteiger partial charge is 0.388 e. The second kappa shape index (κ2) is 7.31. The number of benzene rings is 2. The minimum absolute atomic E-state index is 0.222. The summed E-state index contributed by atoms with van der Waals surface area (Å²) >= 11 is 0. The van der Waals surface area contributed by atoms with Gasteiger partial charge in [0.2, 0.25) is 0 Å². The van der Waals surface area contributed by atoms with Crippen molar-refractivity contribution in [3.8, 4) is 0 Å². The summed E-state index contributed by atoms with van der Waals surface area (Å²) in [6.45, 7) is 12.3.